The molecule has 16 heavy (non-hydrogen) atoms. The number of carbonyl (C=O) groups is 1. The van der Waals surface area contributed by atoms with Crippen molar-refractivity contribution in [2.75, 3.05) is 0 Å². The lowest BCUT2D eigenvalue weighted by Crippen LogP contribution is -1.95. The monoisotopic (exact) mass is 217 g/mol. The summed E-state index contributed by atoms with van der Waals surface area (Å²) in [4.78, 5) is 13.7. The number of carboxylic acids is 1. The topological polar surface area (TPSA) is 53.1 Å². The Morgan fingerprint density at radius 3 is 2.94 bits per heavy atom. The van der Waals surface area contributed by atoms with E-state index in [0.29, 0.717) is 6.42 Å². The SMILES string of the molecule is Cc1cc2cc(CCCC(=O)O)ccc2[nH]1. The lowest BCUT2D eigenvalue weighted by Gasteiger charge is -1.99. The molecule has 0 bridgehead atoms. The van der Waals surface area contributed by atoms with Crippen LogP contribution in [0, 0.1) is 6.92 Å². The molecule has 0 saturated carbocycles. The molecule has 0 aliphatic heterocycles. The highest BCUT2D eigenvalue weighted by molar-refractivity contribution is 5.81. The Bertz CT molecular complexity index is 514. The molecule has 3 nitrogen and oxygen atoms in total. The summed E-state index contributed by atoms with van der Waals surface area (Å²) in [5, 5.41) is 9.76. The second-order valence-corrected chi connectivity index (χ2v) is 4.12. The van der Waals surface area contributed by atoms with Crippen LogP contribution in [-0.4, -0.2) is 16.1 Å². The highest BCUT2D eigenvalue weighted by Gasteiger charge is 2.01. The summed E-state index contributed by atoms with van der Waals surface area (Å²) in [6.45, 7) is 2.03. The van der Waals surface area contributed by atoms with Gasteiger partial charge in [-0.3, -0.25) is 4.79 Å². The zero-order valence-corrected chi connectivity index (χ0v) is 9.29. The van der Waals surface area contributed by atoms with Crippen molar-refractivity contribution in [2.45, 2.75) is 26.2 Å². The molecule has 0 aliphatic carbocycles. The van der Waals surface area contributed by atoms with Crippen LogP contribution in [0.4, 0.5) is 0 Å². The Labute approximate surface area is 94.1 Å². The van der Waals surface area contributed by atoms with E-state index >= 15 is 0 Å². The molecule has 0 amide bonds. The number of rotatable bonds is 4. The Kier molecular flexibility index (Phi) is 2.95. The van der Waals surface area contributed by atoms with Gasteiger partial charge in [-0.05, 0) is 48.9 Å². The summed E-state index contributed by atoms with van der Waals surface area (Å²) >= 11 is 0. The van der Waals surface area contributed by atoms with E-state index in [-0.39, 0.29) is 6.42 Å². The maximum atomic E-state index is 10.4. The summed E-state index contributed by atoms with van der Waals surface area (Å²) < 4.78 is 0. The fraction of sp³-hybridized carbons (Fsp3) is 0.308. The average Bonchev–Trinajstić information content (AvgIpc) is 2.56. The molecule has 3 heteroatoms. The first-order valence-electron chi connectivity index (χ1n) is 5.45. The lowest BCUT2D eigenvalue weighted by atomic mass is 10.1. The van der Waals surface area contributed by atoms with Crippen LogP contribution >= 0.6 is 0 Å². The van der Waals surface area contributed by atoms with E-state index in [0.717, 1.165) is 17.6 Å². The van der Waals surface area contributed by atoms with Crippen LogP contribution < -0.4 is 0 Å². The first-order valence-corrected chi connectivity index (χ1v) is 5.45. The predicted octanol–water partition coefficient (Wildman–Crippen LogP) is 2.88. The molecule has 0 unspecified atom stereocenters. The largest absolute Gasteiger partial charge is 0.481 e. The van der Waals surface area contributed by atoms with E-state index in [1.807, 2.05) is 6.92 Å². The standard InChI is InChI=1S/C13H15NO2/c1-9-7-11-8-10(3-2-4-13(15)16)5-6-12(11)14-9/h5-8,14H,2-4H2,1H3,(H,15,16). The number of H-pyrrole nitrogens is 1. The summed E-state index contributed by atoms with van der Waals surface area (Å²) in [7, 11) is 0. The van der Waals surface area contributed by atoms with Gasteiger partial charge in [-0.1, -0.05) is 6.07 Å². The predicted molar refractivity (Wildman–Crippen MR) is 63.6 cm³/mol. The third-order valence-electron chi connectivity index (χ3n) is 2.68. The van der Waals surface area contributed by atoms with Gasteiger partial charge >= 0.3 is 5.97 Å². The number of carboxylic acid groups (broad SMARTS) is 1. The Morgan fingerprint density at radius 1 is 1.38 bits per heavy atom. The Morgan fingerprint density at radius 2 is 2.19 bits per heavy atom. The van der Waals surface area contributed by atoms with Gasteiger partial charge in [0.2, 0.25) is 0 Å². The zero-order chi connectivity index (χ0) is 11.5. The van der Waals surface area contributed by atoms with Crippen molar-refractivity contribution in [1.82, 2.24) is 4.98 Å². The fourth-order valence-electron chi connectivity index (χ4n) is 1.93. The first kappa shape index (κ1) is 10.7. The summed E-state index contributed by atoms with van der Waals surface area (Å²) in [5.74, 6) is -0.724. The van der Waals surface area contributed by atoms with Gasteiger partial charge in [0.1, 0.15) is 0 Å². The Balaban J connectivity index is 2.10. The number of hydrogen-bond donors (Lipinski definition) is 2. The molecular formula is C13H15NO2. The van der Waals surface area contributed by atoms with Gasteiger partial charge in [0.05, 0.1) is 0 Å². The third kappa shape index (κ3) is 2.42. The second kappa shape index (κ2) is 4.39. The molecule has 2 rings (SSSR count). The van der Waals surface area contributed by atoms with Crippen molar-refractivity contribution >= 4 is 16.9 Å². The number of benzene rings is 1. The van der Waals surface area contributed by atoms with E-state index in [9.17, 15) is 4.79 Å². The van der Waals surface area contributed by atoms with Crippen LogP contribution in [0.5, 0.6) is 0 Å². The van der Waals surface area contributed by atoms with Crippen molar-refractivity contribution in [3.8, 4) is 0 Å². The number of hydrogen-bond acceptors (Lipinski definition) is 1. The van der Waals surface area contributed by atoms with Crippen LogP contribution in [0.1, 0.15) is 24.1 Å². The van der Waals surface area contributed by atoms with Gasteiger partial charge in [0.15, 0.2) is 0 Å². The quantitative estimate of drug-likeness (QED) is 0.827. The zero-order valence-electron chi connectivity index (χ0n) is 9.29. The van der Waals surface area contributed by atoms with Crippen LogP contribution in [0.3, 0.4) is 0 Å². The minimum atomic E-state index is -0.724. The van der Waals surface area contributed by atoms with Crippen LogP contribution in [0.2, 0.25) is 0 Å². The maximum absolute atomic E-state index is 10.4. The molecule has 0 spiro atoms. The van der Waals surface area contributed by atoms with Gasteiger partial charge < -0.3 is 10.1 Å². The number of aromatic nitrogens is 1. The molecule has 0 radical (unpaired) electrons. The molecule has 0 aliphatic rings. The minimum absolute atomic E-state index is 0.240. The number of nitrogens with one attached hydrogen (secondary N) is 1. The van der Waals surface area contributed by atoms with Crippen molar-refractivity contribution in [3.63, 3.8) is 0 Å². The summed E-state index contributed by atoms with van der Waals surface area (Å²) in [6, 6.07) is 8.34. The maximum Gasteiger partial charge on any atom is 0.303 e. The minimum Gasteiger partial charge on any atom is -0.481 e. The number of aryl methyl sites for hydroxylation is 2. The molecule has 1 aromatic carbocycles. The number of aromatic amines is 1. The summed E-state index contributed by atoms with van der Waals surface area (Å²) in [5.41, 5.74) is 3.49. The normalized spacial score (nSPS) is 10.8. The van der Waals surface area contributed by atoms with Crippen molar-refractivity contribution in [1.29, 1.82) is 0 Å². The number of fused-ring (bicyclic) bond motifs is 1. The Hall–Kier alpha value is -1.77. The smallest absolute Gasteiger partial charge is 0.303 e. The van der Waals surface area contributed by atoms with Gasteiger partial charge in [0.25, 0.3) is 0 Å². The molecule has 0 saturated heterocycles. The van der Waals surface area contributed by atoms with E-state index in [1.165, 1.54) is 10.9 Å². The second-order valence-electron chi connectivity index (χ2n) is 4.12. The molecule has 1 aromatic heterocycles. The highest BCUT2D eigenvalue weighted by atomic mass is 16.4. The van der Waals surface area contributed by atoms with Gasteiger partial charge in [-0.2, -0.15) is 0 Å². The molecule has 2 N–H and O–H groups in total. The van der Waals surface area contributed by atoms with Crippen LogP contribution in [0.15, 0.2) is 24.3 Å². The molecule has 2 aromatic rings. The van der Waals surface area contributed by atoms with E-state index in [4.69, 9.17) is 5.11 Å². The van der Waals surface area contributed by atoms with E-state index in [1.54, 1.807) is 0 Å². The summed E-state index contributed by atoms with van der Waals surface area (Å²) in [6.07, 6.45) is 1.76. The molecule has 0 fully saturated rings. The van der Waals surface area contributed by atoms with Gasteiger partial charge in [-0.25, -0.2) is 0 Å². The molecule has 84 valence electrons. The van der Waals surface area contributed by atoms with Gasteiger partial charge in [0, 0.05) is 17.6 Å². The first-order chi connectivity index (χ1) is 7.65. The fourth-order valence-corrected chi connectivity index (χ4v) is 1.93. The van der Waals surface area contributed by atoms with E-state index < -0.39 is 5.97 Å². The van der Waals surface area contributed by atoms with Gasteiger partial charge in [-0.15, -0.1) is 0 Å². The lowest BCUT2D eigenvalue weighted by molar-refractivity contribution is -0.137. The molecule has 1 heterocycles. The van der Waals surface area contributed by atoms with Crippen molar-refractivity contribution < 1.29 is 9.90 Å². The molecular weight excluding hydrogens is 202 g/mol. The average molecular weight is 217 g/mol. The molecule has 0 atom stereocenters. The van der Waals surface area contributed by atoms with E-state index in [2.05, 4.69) is 29.2 Å². The van der Waals surface area contributed by atoms with Crippen LogP contribution in [0.25, 0.3) is 10.9 Å². The number of aliphatic carboxylic acids is 1. The third-order valence-corrected chi connectivity index (χ3v) is 2.68. The van der Waals surface area contributed by atoms with Crippen LogP contribution in [-0.2, 0) is 11.2 Å². The highest BCUT2D eigenvalue weighted by Crippen LogP contribution is 2.18. The van der Waals surface area contributed by atoms with Crippen molar-refractivity contribution in [3.05, 3.63) is 35.5 Å². The van der Waals surface area contributed by atoms with Crippen molar-refractivity contribution in [2.24, 2.45) is 0 Å².